The molecule has 104 valence electrons. The largest absolute Gasteiger partial charge is 0.492 e. The maximum absolute atomic E-state index is 6.11. The van der Waals surface area contributed by atoms with Crippen LogP contribution in [-0.2, 0) is 0 Å². The van der Waals surface area contributed by atoms with Crippen LogP contribution in [0.5, 0.6) is 5.75 Å². The van der Waals surface area contributed by atoms with Crippen LogP contribution in [0.25, 0.3) is 0 Å². The fraction of sp³-hybridized carbons (Fsp3) is 0.625. The summed E-state index contributed by atoms with van der Waals surface area (Å²) in [5.41, 5.74) is 2.64. The minimum absolute atomic E-state index is 0.458. The number of aryl methyl sites for hydroxylation is 1. The molecule has 1 aromatic rings. The Morgan fingerprint density at radius 3 is 2.79 bits per heavy atom. The second kappa shape index (κ2) is 5.84. The molecule has 1 saturated heterocycles. The van der Waals surface area contributed by atoms with Crippen molar-refractivity contribution in [2.45, 2.75) is 45.1 Å². The van der Waals surface area contributed by atoms with Crippen LogP contribution in [0.2, 0.25) is 0 Å². The molecule has 3 rings (SSSR count). The highest BCUT2D eigenvalue weighted by molar-refractivity contribution is 9.10. The molecule has 0 spiro atoms. The summed E-state index contributed by atoms with van der Waals surface area (Å²) in [6, 6.07) is 4.91. The van der Waals surface area contributed by atoms with Crippen LogP contribution < -0.4 is 10.1 Å². The van der Waals surface area contributed by atoms with Crippen LogP contribution >= 0.6 is 15.9 Å². The third-order valence-electron chi connectivity index (χ3n) is 4.06. The van der Waals surface area contributed by atoms with Crippen molar-refractivity contribution >= 4 is 15.9 Å². The highest BCUT2D eigenvalue weighted by Gasteiger charge is 2.25. The number of nitrogens with one attached hydrogen (secondary N) is 1. The molecule has 19 heavy (non-hydrogen) atoms. The molecule has 1 N–H and O–H groups in total. The van der Waals surface area contributed by atoms with E-state index in [1.807, 2.05) is 0 Å². The maximum Gasteiger partial charge on any atom is 0.138 e. The Morgan fingerprint density at radius 2 is 2.11 bits per heavy atom. The molecule has 2 nitrogen and oxygen atoms in total. The van der Waals surface area contributed by atoms with Gasteiger partial charge in [0.05, 0.1) is 11.1 Å². The molecule has 1 heterocycles. The molecule has 1 aliphatic carbocycles. The van der Waals surface area contributed by atoms with E-state index in [0.29, 0.717) is 6.04 Å². The zero-order valence-electron chi connectivity index (χ0n) is 11.5. The van der Waals surface area contributed by atoms with Gasteiger partial charge in [-0.1, -0.05) is 12.5 Å². The highest BCUT2D eigenvalue weighted by Crippen LogP contribution is 2.39. The van der Waals surface area contributed by atoms with E-state index in [0.717, 1.165) is 29.3 Å². The average Bonchev–Trinajstić information content (AvgIpc) is 3.22. The van der Waals surface area contributed by atoms with Gasteiger partial charge in [-0.15, -0.1) is 0 Å². The first kappa shape index (κ1) is 13.4. The van der Waals surface area contributed by atoms with Crippen LogP contribution in [0.3, 0.4) is 0 Å². The normalized spacial score (nSPS) is 23.4. The molecule has 1 aliphatic heterocycles. The quantitative estimate of drug-likeness (QED) is 0.888. The number of benzene rings is 1. The summed E-state index contributed by atoms with van der Waals surface area (Å²) in [7, 11) is 0. The van der Waals surface area contributed by atoms with E-state index in [1.54, 1.807) is 0 Å². The van der Waals surface area contributed by atoms with Gasteiger partial charge in [0.2, 0.25) is 0 Å². The third kappa shape index (κ3) is 3.32. The zero-order valence-corrected chi connectivity index (χ0v) is 13.1. The molecule has 0 amide bonds. The van der Waals surface area contributed by atoms with Crippen molar-refractivity contribution in [1.82, 2.24) is 5.32 Å². The first-order valence-corrected chi connectivity index (χ1v) is 8.19. The van der Waals surface area contributed by atoms with Crippen molar-refractivity contribution in [3.05, 3.63) is 27.7 Å². The monoisotopic (exact) mass is 323 g/mol. The summed E-state index contributed by atoms with van der Waals surface area (Å²) in [5, 5.41) is 3.63. The van der Waals surface area contributed by atoms with Gasteiger partial charge in [0.15, 0.2) is 0 Å². The summed E-state index contributed by atoms with van der Waals surface area (Å²) in [4.78, 5) is 0. The van der Waals surface area contributed by atoms with Gasteiger partial charge < -0.3 is 10.1 Å². The van der Waals surface area contributed by atoms with Crippen molar-refractivity contribution in [2.75, 3.05) is 13.2 Å². The zero-order chi connectivity index (χ0) is 13.2. The summed E-state index contributed by atoms with van der Waals surface area (Å²) in [6.45, 7) is 4.15. The van der Waals surface area contributed by atoms with E-state index in [1.165, 1.54) is 43.2 Å². The first-order valence-electron chi connectivity index (χ1n) is 7.40. The third-order valence-corrected chi connectivity index (χ3v) is 4.65. The van der Waals surface area contributed by atoms with E-state index in [4.69, 9.17) is 4.74 Å². The molecule has 3 heteroatoms. The number of ether oxygens (including phenoxy) is 1. The van der Waals surface area contributed by atoms with Crippen molar-refractivity contribution in [2.24, 2.45) is 5.92 Å². The van der Waals surface area contributed by atoms with Gasteiger partial charge in [-0.3, -0.25) is 0 Å². The predicted octanol–water partition coefficient (Wildman–Crippen LogP) is 4.36. The van der Waals surface area contributed by atoms with Crippen LogP contribution in [0.15, 0.2) is 16.6 Å². The lowest BCUT2D eigenvalue weighted by Gasteiger charge is -2.26. The second-order valence-electron chi connectivity index (χ2n) is 5.92. The topological polar surface area (TPSA) is 21.3 Å². The van der Waals surface area contributed by atoms with Crippen LogP contribution in [0.1, 0.15) is 49.3 Å². The lowest BCUT2D eigenvalue weighted by Crippen LogP contribution is -2.27. The van der Waals surface area contributed by atoms with Gasteiger partial charge in [-0.05, 0) is 72.6 Å². The van der Waals surface area contributed by atoms with Gasteiger partial charge in [-0.25, -0.2) is 0 Å². The van der Waals surface area contributed by atoms with E-state index in [9.17, 15) is 0 Å². The fourth-order valence-corrected chi connectivity index (χ4v) is 3.47. The Balaban J connectivity index is 1.85. The Bertz CT molecular complexity index is 450. The lowest BCUT2D eigenvalue weighted by molar-refractivity contribution is 0.287. The van der Waals surface area contributed by atoms with Crippen molar-refractivity contribution in [3.63, 3.8) is 0 Å². The molecule has 1 aromatic carbocycles. The molecular formula is C16H22BrNO. The first-order chi connectivity index (χ1) is 9.24. The number of halogens is 1. The lowest BCUT2D eigenvalue weighted by atomic mass is 9.95. The number of hydrogen-bond acceptors (Lipinski definition) is 2. The van der Waals surface area contributed by atoms with Gasteiger partial charge in [0.25, 0.3) is 0 Å². The summed E-state index contributed by atoms with van der Waals surface area (Å²) < 4.78 is 7.22. The fourth-order valence-electron chi connectivity index (χ4n) is 2.77. The van der Waals surface area contributed by atoms with E-state index in [2.05, 4.69) is 40.3 Å². The number of piperidine rings is 1. The highest BCUT2D eigenvalue weighted by atomic mass is 79.9. The van der Waals surface area contributed by atoms with Gasteiger partial charge in [-0.2, -0.15) is 0 Å². The molecule has 1 atom stereocenters. The molecule has 2 aliphatic rings. The smallest absolute Gasteiger partial charge is 0.138 e. The van der Waals surface area contributed by atoms with Crippen LogP contribution in [0, 0.1) is 12.8 Å². The Hall–Kier alpha value is -0.540. The molecular weight excluding hydrogens is 302 g/mol. The molecule has 1 saturated carbocycles. The van der Waals surface area contributed by atoms with Gasteiger partial charge in [0, 0.05) is 11.6 Å². The molecule has 1 unspecified atom stereocenters. The molecule has 0 radical (unpaired) electrons. The Morgan fingerprint density at radius 1 is 1.26 bits per heavy atom. The summed E-state index contributed by atoms with van der Waals surface area (Å²) in [5.74, 6) is 1.86. The summed E-state index contributed by atoms with van der Waals surface area (Å²) >= 11 is 3.68. The van der Waals surface area contributed by atoms with Gasteiger partial charge >= 0.3 is 0 Å². The molecule has 2 fully saturated rings. The maximum atomic E-state index is 6.11. The summed E-state index contributed by atoms with van der Waals surface area (Å²) in [6.07, 6.45) is 6.49. The minimum Gasteiger partial charge on any atom is -0.492 e. The van der Waals surface area contributed by atoms with Crippen molar-refractivity contribution < 1.29 is 4.74 Å². The standard InChI is InChI=1S/C16H22BrNO/c1-11-8-13(15-4-2-3-7-18-15)16(14(17)9-11)19-10-12-5-6-12/h8-9,12,15,18H,2-7,10H2,1H3. The second-order valence-corrected chi connectivity index (χ2v) is 6.78. The van der Waals surface area contributed by atoms with E-state index < -0.39 is 0 Å². The van der Waals surface area contributed by atoms with E-state index in [-0.39, 0.29) is 0 Å². The van der Waals surface area contributed by atoms with Crippen molar-refractivity contribution in [1.29, 1.82) is 0 Å². The predicted molar refractivity (Wildman–Crippen MR) is 81.7 cm³/mol. The Labute approximate surface area is 124 Å². The minimum atomic E-state index is 0.458. The van der Waals surface area contributed by atoms with Crippen LogP contribution in [0.4, 0.5) is 0 Å². The number of rotatable bonds is 4. The SMILES string of the molecule is Cc1cc(Br)c(OCC2CC2)c(C2CCCCN2)c1. The molecule has 0 bridgehead atoms. The molecule has 0 aromatic heterocycles. The van der Waals surface area contributed by atoms with Crippen LogP contribution in [-0.4, -0.2) is 13.2 Å². The number of hydrogen-bond donors (Lipinski definition) is 1. The Kier molecular flexibility index (Phi) is 4.13. The average molecular weight is 324 g/mol. The van der Waals surface area contributed by atoms with E-state index >= 15 is 0 Å². The van der Waals surface area contributed by atoms with Crippen molar-refractivity contribution in [3.8, 4) is 5.75 Å². The van der Waals surface area contributed by atoms with Gasteiger partial charge in [0.1, 0.15) is 5.75 Å².